The third kappa shape index (κ3) is 3.00. The molecule has 1 aliphatic heterocycles. The summed E-state index contributed by atoms with van der Waals surface area (Å²) in [6.07, 6.45) is 2.40. The van der Waals surface area contributed by atoms with Gasteiger partial charge in [0.25, 0.3) is 0 Å². The number of nitrogens with one attached hydrogen (secondary N) is 1. The molecule has 0 amide bonds. The highest BCUT2D eigenvalue weighted by molar-refractivity contribution is 5.56. The van der Waals surface area contributed by atoms with Gasteiger partial charge in [-0.25, -0.2) is 0 Å². The first-order valence-electron chi connectivity index (χ1n) is 7.33. The number of hydrogen-bond acceptors (Lipinski definition) is 3. The largest absolute Gasteiger partial charge is 0.381 e. The Bertz CT molecular complexity index is 668. The molecule has 3 nitrogen and oxygen atoms in total. The first-order valence-corrected chi connectivity index (χ1v) is 7.33. The molecule has 0 unspecified atom stereocenters. The summed E-state index contributed by atoms with van der Waals surface area (Å²) in [4.78, 5) is 2.33. The normalized spacial score (nSPS) is 13.4. The molecule has 106 valence electrons. The molecule has 1 aliphatic rings. The van der Waals surface area contributed by atoms with Crippen molar-refractivity contribution in [2.24, 2.45) is 0 Å². The van der Waals surface area contributed by atoms with Gasteiger partial charge in [-0.1, -0.05) is 12.1 Å². The topological polar surface area (TPSA) is 39.1 Å². The lowest BCUT2D eigenvalue weighted by molar-refractivity contribution is 0.743. The van der Waals surface area contributed by atoms with Crippen molar-refractivity contribution in [3.05, 3.63) is 59.2 Å². The van der Waals surface area contributed by atoms with Gasteiger partial charge in [-0.15, -0.1) is 0 Å². The van der Waals surface area contributed by atoms with Crippen LogP contribution in [-0.4, -0.2) is 13.6 Å². The van der Waals surface area contributed by atoms with Gasteiger partial charge in [-0.3, -0.25) is 0 Å². The Labute approximate surface area is 125 Å². The third-order valence-corrected chi connectivity index (χ3v) is 4.01. The Kier molecular flexibility index (Phi) is 3.79. The lowest BCUT2D eigenvalue weighted by Gasteiger charge is -2.27. The Balaban J connectivity index is 1.69. The van der Waals surface area contributed by atoms with Crippen molar-refractivity contribution < 1.29 is 0 Å². The molecule has 0 saturated heterocycles. The molecule has 0 aromatic heterocycles. The second-order valence-corrected chi connectivity index (χ2v) is 5.53. The van der Waals surface area contributed by atoms with E-state index >= 15 is 0 Å². The molecular formula is C18H19N3. The molecule has 2 aromatic carbocycles. The van der Waals surface area contributed by atoms with Gasteiger partial charge < -0.3 is 10.2 Å². The van der Waals surface area contributed by atoms with Gasteiger partial charge in [-0.2, -0.15) is 5.26 Å². The second-order valence-electron chi connectivity index (χ2n) is 5.53. The molecule has 3 heteroatoms. The molecule has 21 heavy (non-hydrogen) atoms. The minimum absolute atomic E-state index is 0.692. The van der Waals surface area contributed by atoms with Crippen molar-refractivity contribution >= 4 is 11.4 Å². The van der Waals surface area contributed by atoms with Crippen molar-refractivity contribution in [3.8, 4) is 6.07 Å². The fraction of sp³-hybridized carbons (Fsp3) is 0.278. The molecular weight excluding hydrogens is 258 g/mol. The smallest absolute Gasteiger partial charge is 0.0991 e. The number of benzene rings is 2. The number of nitrogens with zero attached hydrogens (tertiary/aromatic N) is 2. The van der Waals surface area contributed by atoms with Crippen molar-refractivity contribution in [2.45, 2.75) is 19.4 Å². The highest BCUT2D eigenvalue weighted by Gasteiger charge is 2.13. The van der Waals surface area contributed by atoms with Crippen LogP contribution in [0.4, 0.5) is 11.4 Å². The summed E-state index contributed by atoms with van der Waals surface area (Å²) in [5, 5.41) is 12.2. The van der Waals surface area contributed by atoms with Crippen LogP contribution in [-0.2, 0) is 13.0 Å². The van der Waals surface area contributed by atoms with E-state index in [2.05, 4.69) is 41.5 Å². The Morgan fingerprint density at radius 3 is 2.76 bits per heavy atom. The highest BCUT2D eigenvalue weighted by atomic mass is 15.1. The van der Waals surface area contributed by atoms with Crippen LogP contribution in [0.15, 0.2) is 42.5 Å². The van der Waals surface area contributed by atoms with E-state index in [1.54, 1.807) is 0 Å². The standard InChI is InChI=1S/C18H19N3/c1-21-10-2-3-16-11-15(6-9-18(16)21)13-20-17-7-4-14(12-19)5-8-17/h4-9,11,20H,2-3,10,13H2,1H3. The van der Waals surface area contributed by atoms with Crippen LogP contribution in [0, 0.1) is 11.3 Å². The van der Waals surface area contributed by atoms with Crippen LogP contribution in [0.25, 0.3) is 0 Å². The number of fused-ring (bicyclic) bond motifs is 1. The second kappa shape index (κ2) is 5.88. The van der Waals surface area contributed by atoms with Crippen LogP contribution in [0.5, 0.6) is 0 Å². The molecule has 0 spiro atoms. The van der Waals surface area contributed by atoms with E-state index in [-0.39, 0.29) is 0 Å². The van der Waals surface area contributed by atoms with Crippen LogP contribution >= 0.6 is 0 Å². The maximum Gasteiger partial charge on any atom is 0.0991 e. The van der Waals surface area contributed by atoms with E-state index < -0.39 is 0 Å². The van der Waals surface area contributed by atoms with E-state index in [9.17, 15) is 0 Å². The number of nitriles is 1. The van der Waals surface area contributed by atoms with Gasteiger partial charge in [0.1, 0.15) is 0 Å². The zero-order valence-electron chi connectivity index (χ0n) is 12.3. The predicted molar refractivity (Wildman–Crippen MR) is 86.5 cm³/mol. The lowest BCUT2D eigenvalue weighted by Crippen LogP contribution is -2.24. The summed E-state index contributed by atoms with van der Waals surface area (Å²) in [6, 6.07) is 16.4. The van der Waals surface area contributed by atoms with E-state index in [0.29, 0.717) is 5.56 Å². The van der Waals surface area contributed by atoms with E-state index in [1.807, 2.05) is 24.3 Å². The first-order chi connectivity index (χ1) is 10.3. The third-order valence-electron chi connectivity index (χ3n) is 4.01. The monoisotopic (exact) mass is 277 g/mol. The Morgan fingerprint density at radius 1 is 1.19 bits per heavy atom. The van der Waals surface area contributed by atoms with Gasteiger partial charge >= 0.3 is 0 Å². The van der Waals surface area contributed by atoms with Crippen LogP contribution in [0.3, 0.4) is 0 Å². The van der Waals surface area contributed by atoms with Crippen molar-refractivity contribution in [2.75, 3.05) is 23.8 Å². The van der Waals surface area contributed by atoms with Crippen molar-refractivity contribution in [1.29, 1.82) is 5.26 Å². The maximum absolute atomic E-state index is 8.80. The fourth-order valence-electron chi connectivity index (χ4n) is 2.82. The number of aryl methyl sites for hydroxylation is 1. The van der Waals surface area contributed by atoms with Crippen LogP contribution in [0.1, 0.15) is 23.1 Å². The predicted octanol–water partition coefficient (Wildman–Crippen LogP) is 3.55. The van der Waals surface area contributed by atoms with Crippen molar-refractivity contribution in [1.82, 2.24) is 0 Å². The summed E-state index contributed by atoms with van der Waals surface area (Å²) in [5.41, 5.74) is 5.85. The van der Waals surface area contributed by atoms with Gasteiger partial charge in [-0.05, 0) is 54.3 Å². The molecule has 2 aromatic rings. The lowest BCUT2D eigenvalue weighted by atomic mass is 9.99. The summed E-state index contributed by atoms with van der Waals surface area (Å²) in [5.74, 6) is 0. The van der Waals surface area contributed by atoms with Gasteiger partial charge in [0.2, 0.25) is 0 Å². The van der Waals surface area contributed by atoms with Gasteiger partial charge in [0.05, 0.1) is 11.6 Å². The molecule has 1 heterocycles. The summed E-state index contributed by atoms with van der Waals surface area (Å²) >= 11 is 0. The number of hydrogen-bond donors (Lipinski definition) is 1. The molecule has 0 atom stereocenters. The molecule has 0 aliphatic carbocycles. The zero-order valence-corrected chi connectivity index (χ0v) is 12.3. The Morgan fingerprint density at radius 2 is 2.00 bits per heavy atom. The summed E-state index contributed by atoms with van der Waals surface area (Å²) < 4.78 is 0. The average molecular weight is 277 g/mol. The fourth-order valence-corrected chi connectivity index (χ4v) is 2.82. The molecule has 3 rings (SSSR count). The number of rotatable bonds is 3. The van der Waals surface area contributed by atoms with E-state index in [1.165, 1.54) is 29.7 Å². The molecule has 0 saturated carbocycles. The minimum Gasteiger partial charge on any atom is -0.381 e. The molecule has 0 bridgehead atoms. The maximum atomic E-state index is 8.80. The Hall–Kier alpha value is -2.47. The first kappa shape index (κ1) is 13.5. The molecule has 0 radical (unpaired) electrons. The van der Waals surface area contributed by atoms with E-state index in [4.69, 9.17) is 5.26 Å². The van der Waals surface area contributed by atoms with Gasteiger partial charge in [0, 0.05) is 31.5 Å². The highest BCUT2D eigenvalue weighted by Crippen LogP contribution is 2.27. The number of anilines is 2. The quantitative estimate of drug-likeness (QED) is 0.932. The summed E-state index contributed by atoms with van der Waals surface area (Å²) in [6.45, 7) is 1.96. The minimum atomic E-state index is 0.692. The van der Waals surface area contributed by atoms with E-state index in [0.717, 1.165) is 18.8 Å². The van der Waals surface area contributed by atoms with Gasteiger partial charge in [0.15, 0.2) is 0 Å². The molecule has 0 fully saturated rings. The van der Waals surface area contributed by atoms with Crippen molar-refractivity contribution in [3.63, 3.8) is 0 Å². The SMILES string of the molecule is CN1CCCc2cc(CNc3ccc(C#N)cc3)ccc21. The molecule has 1 N–H and O–H groups in total. The zero-order chi connectivity index (χ0) is 14.7. The van der Waals surface area contributed by atoms with Crippen LogP contribution in [0.2, 0.25) is 0 Å². The summed E-state index contributed by atoms with van der Waals surface area (Å²) in [7, 11) is 2.16. The van der Waals surface area contributed by atoms with Crippen LogP contribution < -0.4 is 10.2 Å². The average Bonchev–Trinajstić information content (AvgIpc) is 2.53.